The van der Waals surface area contributed by atoms with Crippen molar-refractivity contribution < 1.29 is 0 Å². The number of halogens is 1. The maximum absolute atomic E-state index is 5.54. The molecule has 0 amide bonds. The molecule has 0 aromatic heterocycles. The Balaban J connectivity index is 0.000000257. The van der Waals surface area contributed by atoms with E-state index >= 15 is 0 Å². The molecular formula is C18H25Cl. The van der Waals surface area contributed by atoms with E-state index in [0.717, 1.165) is 5.02 Å². The highest BCUT2D eigenvalue weighted by Crippen LogP contribution is 2.03. The van der Waals surface area contributed by atoms with E-state index in [2.05, 4.69) is 13.8 Å². The van der Waals surface area contributed by atoms with Gasteiger partial charge in [-0.2, -0.15) is 0 Å². The Labute approximate surface area is 123 Å². The SMILES string of the molecule is CCCCCC.Clc1ccccc1.c1ccccc1. The first-order valence-corrected chi connectivity index (χ1v) is 7.39. The Bertz CT molecular complexity index is 325. The van der Waals surface area contributed by atoms with Crippen molar-refractivity contribution in [3.63, 3.8) is 0 Å². The van der Waals surface area contributed by atoms with Crippen molar-refractivity contribution in [3.8, 4) is 0 Å². The molecule has 0 spiro atoms. The molecule has 2 rings (SSSR count). The molecule has 0 nitrogen and oxygen atoms in total. The number of rotatable bonds is 3. The van der Waals surface area contributed by atoms with Crippen molar-refractivity contribution in [2.75, 3.05) is 0 Å². The molecular weight excluding hydrogens is 252 g/mol. The van der Waals surface area contributed by atoms with Gasteiger partial charge in [-0.1, -0.05) is 106 Å². The summed E-state index contributed by atoms with van der Waals surface area (Å²) < 4.78 is 0. The van der Waals surface area contributed by atoms with E-state index in [4.69, 9.17) is 11.6 Å². The van der Waals surface area contributed by atoms with E-state index in [9.17, 15) is 0 Å². The largest absolute Gasteiger partial charge is 0.0843 e. The van der Waals surface area contributed by atoms with Crippen molar-refractivity contribution in [1.82, 2.24) is 0 Å². The van der Waals surface area contributed by atoms with E-state index in [0.29, 0.717) is 0 Å². The molecule has 1 heteroatoms. The maximum atomic E-state index is 5.54. The predicted molar refractivity (Wildman–Crippen MR) is 87.7 cm³/mol. The Morgan fingerprint density at radius 3 is 1.16 bits per heavy atom. The summed E-state index contributed by atoms with van der Waals surface area (Å²) >= 11 is 5.54. The van der Waals surface area contributed by atoms with Crippen molar-refractivity contribution >= 4 is 11.6 Å². The summed E-state index contributed by atoms with van der Waals surface area (Å²) in [7, 11) is 0. The lowest BCUT2D eigenvalue weighted by Gasteiger charge is -1.86. The Hall–Kier alpha value is -1.27. The summed E-state index contributed by atoms with van der Waals surface area (Å²) in [5.41, 5.74) is 0. The lowest BCUT2D eigenvalue weighted by atomic mass is 10.2. The predicted octanol–water partition coefficient (Wildman–Crippen LogP) is 6.61. The molecule has 0 aliphatic carbocycles. The second kappa shape index (κ2) is 14.8. The third-order valence-electron chi connectivity index (χ3n) is 2.36. The standard InChI is InChI=1S/C6H5Cl.C6H6.C6H14/c7-6-4-2-1-3-5-6;1-2-4-6-5-3-1;1-3-5-6-4-2/h1-5H;1-6H;3-6H2,1-2H3. The summed E-state index contributed by atoms with van der Waals surface area (Å²) in [4.78, 5) is 0. The van der Waals surface area contributed by atoms with Gasteiger partial charge >= 0.3 is 0 Å². The molecule has 0 radical (unpaired) electrons. The van der Waals surface area contributed by atoms with Gasteiger partial charge < -0.3 is 0 Å². The highest BCUT2D eigenvalue weighted by atomic mass is 35.5. The van der Waals surface area contributed by atoms with Crippen LogP contribution < -0.4 is 0 Å². The fraction of sp³-hybridized carbons (Fsp3) is 0.333. The van der Waals surface area contributed by atoms with Crippen LogP contribution in [-0.2, 0) is 0 Å². The minimum atomic E-state index is 0.794. The average molecular weight is 277 g/mol. The molecule has 2 aromatic rings. The minimum Gasteiger partial charge on any atom is -0.0843 e. The molecule has 0 heterocycles. The van der Waals surface area contributed by atoms with Gasteiger partial charge in [0.1, 0.15) is 0 Å². The van der Waals surface area contributed by atoms with Crippen LogP contribution in [0.15, 0.2) is 66.7 Å². The van der Waals surface area contributed by atoms with Crippen molar-refractivity contribution in [3.05, 3.63) is 71.8 Å². The molecule has 104 valence electrons. The lowest BCUT2D eigenvalue weighted by molar-refractivity contribution is 0.702. The van der Waals surface area contributed by atoms with Crippen molar-refractivity contribution in [1.29, 1.82) is 0 Å². The van der Waals surface area contributed by atoms with Gasteiger partial charge in [-0.15, -0.1) is 0 Å². The lowest BCUT2D eigenvalue weighted by Crippen LogP contribution is -1.66. The van der Waals surface area contributed by atoms with Crippen LogP contribution >= 0.6 is 11.6 Å². The zero-order valence-electron chi connectivity index (χ0n) is 12.1. The highest BCUT2D eigenvalue weighted by molar-refractivity contribution is 6.30. The van der Waals surface area contributed by atoms with Gasteiger partial charge in [0, 0.05) is 5.02 Å². The molecule has 0 N–H and O–H groups in total. The third-order valence-corrected chi connectivity index (χ3v) is 2.61. The van der Waals surface area contributed by atoms with Gasteiger partial charge in [-0.05, 0) is 12.1 Å². The maximum Gasteiger partial charge on any atom is 0.0405 e. The minimum absolute atomic E-state index is 0.794. The smallest absolute Gasteiger partial charge is 0.0405 e. The first-order valence-electron chi connectivity index (χ1n) is 7.01. The molecule has 19 heavy (non-hydrogen) atoms. The zero-order valence-corrected chi connectivity index (χ0v) is 12.8. The molecule has 0 unspecified atom stereocenters. The van der Waals surface area contributed by atoms with E-state index in [1.54, 1.807) is 0 Å². The molecule has 0 bridgehead atoms. The van der Waals surface area contributed by atoms with Gasteiger partial charge in [0.15, 0.2) is 0 Å². The highest BCUT2D eigenvalue weighted by Gasteiger charge is 1.75. The van der Waals surface area contributed by atoms with Gasteiger partial charge in [0.05, 0.1) is 0 Å². The average Bonchev–Trinajstić information content (AvgIpc) is 2.49. The van der Waals surface area contributed by atoms with Crippen LogP contribution in [-0.4, -0.2) is 0 Å². The molecule has 0 aliphatic rings. The van der Waals surface area contributed by atoms with E-state index in [-0.39, 0.29) is 0 Å². The topological polar surface area (TPSA) is 0 Å². The Morgan fingerprint density at radius 1 is 0.632 bits per heavy atom. The molecule has 0 atom stereocenters. The summed E-state index contributed by atoms with van der Waals surface area (Å²) in [5.74, 6) is 0. The molecule has 0 saturated carbocycles. The normalized spacial score (nSPS) is 8.58. The van der Waals surface area contributed by atoms with E-state index < -0.39 is 0 Å². The summed E-state index contributed by atoms with van der Waals surface area (Å²) in [6.07, 6.45) is 5.54. The van der Waals surface area contributed by atoms with Gasteiger partial charge in [0.25, 0.3) is 0 Å². The van der Waals surface area contributed by atoms with Crippen LogP contribution in [0.4, 0.5) is 0 Å². The quantitative estimate of drug-likeness (QED) is 0.553. The Morgan fingerprint density at radius 2 is 0.947 bits per heavy atom. The van der Waals surface area contributed by atoms with Crippen molar-refractivity contribution in [2.45, 2.75) is 39.5 Å². The van der Waals surface area contributed by atoms with E-state index in [1.807, 2.05) is 66.7 Å². The van der Waals surface area contributed by atoms with Crippen molar-refractivity contribution in [2.24, 2.45) is 0 Å². The summed E-state index contributed by atoms with van der Waals surface area (Å²) in [6, 6.07) is 21.4. The number of benzene rings is 2. The fourth-order valence-electron chi connectivity index (χ4n) is 1.30. The Kier molecular flexibility index (Phi) is 13.8. The van der Waals surface area contributed by atoms with Crippen LogP contribution in [0.5, 0.6) is 0 Å². The summed E-state index contributed by atoms with van der Waals surface area (Å²) in [6.45, 7) is 4.46. The second-order valence-electron chi connectivity index (χ2n) is 4.16. The first-order chi connectivity index (χ1) is 9.31. The third kappa shape index (κ3) is 14.7. The molecule has 0 fully saturated rings. The number of unbranched alkanes of at least 4 members (excludes halogenated alkanes) is 3. The van der Waals surface area contributed by atoms with Gasteiger partial charge in [-0.3, -0.25) is 0 Å². The van der Waals surface area contributed by atoms with Crippen LogP contribution in [0.25, 0.3) is 0 Å². The van der Waals surface area contributed by atoms with Crippen LogP contribution in [0, 0.1) is 0 Å². The molecule has 0 aliphatic heterocycles. The van der Waals surface area contributed by atoms with Gasteiger partial charge in [-0.25, -0.2) is 0 Å². The summed E-state index contributed by atoms with van der Waals surface area (Å²) in [5, 5.41) is 0.794. The molecule has 0 saturated heterocycles. The van der Waals surface area contributed by atoms with E-state index in [1.165, 1.54) is 25.7 Å². The second-order valence-corrected chi connectivity index (χ2v) is 4.59. The fourth-order valence-corrected chi connectivity index (χ4v) is 1.45. The first kappa shape index (κ1) is 17.7. The number of hydrogen-bond donors (Lipinski definition) is 0. The zero-order chi connectivity index (χ0) is 14.2. The molecule has 2 aromatic carbocycles. The number of hydrogen-bond acceptors (Lipinski definition) is 0. The monoisotopic (exact) mass is 276 g/mol. The van der Waals surface area contributed by atoms with Crippen LogP contribution in [0.3, 0.4) is 0 Å². The van der Waals surface area contributed by atoms with Gasteiger partial charge in [0.2, 0.25) is 0 Å². The van der Waals surface area contributed by atoms with Crippen LogP contribution in [0.2, 0.25) is 5.02 Å². The van der Waals surface area contributed by atoms with Crippen LogP contribution in [0.1, 0.15) is 39.5 Å².